The van der Waals surface area contributed by atoms with Crippen LogP contribution in [0, 0.1) is 0 Å². The van der Waals surface area contributed by atoms with Gasteiger partial charge in [0.05, 0.1) is 22.9 Å². The van der Waals surface area contributed by atoms with E-state index in [-0.39, 0.29) is 17.1 Å². The average Bonchev–Trinajstić information content (AvgIpc) is 3.28. The van der Waals surface area contributed by atoms with Crippen LogP contribution in [-0.2, 0) is 4.79 Å². The molecule has 0 aliphatic heterocycles. The van der Waals surface area contributed by atoms with Gasteiger partial charge in [-0.3, -0.25) is 9.59 Å². The molecule has 1 aromatic heterocycles. The molecule has 29 heavy (non-hydrogen) atoms. The minimum absolute atomic E-state index is 0.0879. The number of hydrogen-bond donors (Lipinski definition) is 2. The first-order valence-corrected chi connectivity index (χ1v) is 10.9. The lowest BCUT2D eigenvalue weighted by molar-refractivity contribution is -0.115. The maximum Gasteiger partial charge on any atom is 0.265 e. The van der Waals surface area contributed by atoms with Crippen LogP contribution in [0.4, 0.5) is 11.4 Å². The smallest absolute Gasteiger partial charge is 0.265 e. The summed E-state index contributed by atoms with van der Waals surface area (Å²) in [6.45, 7) is 1.97. The summed E-state index contributed by atoms with van der Waals surface area (Å²) in [5.41, 5.74) is 1.35. The highest BCUT2D eigenvalue weighted by molar-refractivity contribution is 8.00. The molecule has 0 bridgehead atoms. The first kappa shape index (κ1) is 21.0. The number of amides is 2. The number of hydrogen-bond acceptors (Lipinski definition) is 5. The summed E-state index contributed by atoms with van der Waals surface area (Å²) in [6, 6.07) is 18.5. The predicted molar refractivity (Wildman–Crippen MR) is 120 cm³/mol. The Morgan fingerprint density at radius 2 is 1.90 bits per heavy atom. The summed E-state index contributed by atoms with van der Waals surface area (Å²) in [5.74, 6) is 0.400. The Balaban J connectivity index is 1.67. The van der Waals surface area contributed by atoms with E-state index in [9.17, 15) is 9.59 Å². The normalized spacial score (nSPS) is 11.5. The molecule has 3 aromatic rings. The zero-order chi connectivity index (χ0) is 20.6. The van der Waals surface area contributed by atoms with Crippen molar-refractivity contribution in [1.29, 1.82) is 0 Å². The van der Waals surface area contributed by atoms with Crippen LogP contribution in [0.5, 0.6) is 5.75 Å². The molecule has 0 spiro atoms. The minimum Gasteiger partial charge on any atom is -0.495 e. The highest BCUT2D eigenvalue weighted by Gasteiger charge is 2.19. The van der Waals surface area contributed by atoms with Crippen molar-refractivity contribution >= 4 is 46.3 Å². The Labute approximate surface area is 178 Å². The van der Waals surface area contributed by atoms with Gasteiger partial charge in [-0.2, -0.15) is 0 Å². The summed E-state index contributed by atoms with van der Waals surface area (Å²) in [7, 11) is 1.58. The Kier molecular flexibility index (Phi) is 7.32. The van der Waals surface area contributed by atoms with Crippen LogP contribution in [0.25, 0.3) is 0 Å². The van der Waals surface area contributed by atoms with Crippen molar-refractivity contribution in [2.75, 3.05) is 17.7 Å². The molecule has 0 radical (unpaired) electrons. The average molecular weight is 427 g/mol. The van der Waals surface area contributed by atoms with E-state index in [1.54, 1.807) is 13.2 Å². The molecule has 3 rings (SSSR count). The highest BCUT2D eigenvalue weighted by atomic mass is 32.2. The number of ether oxygens (including phenoxy) is 1. The van der Waals surface area contributed by atoms with Gasteiger partial charge in [0.1, 0.15) is 5.75 Å². The zero-order valence-corrected chi connectivity index (χ0v) is 17.8. The van der Waals surface area contributed by atoms with E-state index in [1.165, 1.54) is 23.1 Å². The number of anilines is 2. The molecule has 0 fully saturated rings. The van der Waals surface area contributed by atoms with E-state index in [1.807, 2.05) is 66.9 Å². The van der Waals surface area contributed by atoms with Crippen LogP contribution in [0.3, 0.4) is 0 Å². The van der Waals surface area contributed by atoms with E-state index in [4.69, 9.17) is 4.74 Å². The lowest BCUT2D eigenvalue weighted by Crippen LogP contribution is -2.24. The fraction of sp³-hybridized carbons (Fsp3) is 0.182. The van der Waals surface area contributed by atoms with Gasteiger partial charge < -0.3 is 15.4 Å². The molecule has 0 saturated heterocycles. The topological polar surface area (TPSA) is 67.4 Å². The van der Waals surface area contributed by atoms with Crippen LogP contribution >= 0.6 is 23.1 Å². The second-order valence-electron chi connectivity index (χ2n) is 6.16. The SMILES string of the molecule is CCC(Sc1cccc(NC(=O)c2cccs2)c1)C(=O)Nc1ccccc1OC. The molecule has 0 saturated carbocycles. The lowest BCUT2D eigenvalue weighted by atomic mass is 10.2. The fourth-order valence-corrected chi connectivity index (χ4v) is 4.33. The standard InChI is InChI=1S/C22H22N2O3S2/c1-3-19(21(25)24-17-10-4-5-11-18(17)27-2)29-16-9-6-8-15(14-16)23-22(26)20-12-7-13-28-20/h4-14,19H,3H2,1-2H3,(H,23,26)(H,24,25). The third kappa shape index (κ3) is 5.62. The van der Waals surface area contributed by atoms with Crippen molar-refractivity contribution in [1.82, 2.24) is 0 Å². The second-order valence-corrected chi connectivity index (χ2v) is 8.39. The van der Waals surface area contributed by atoms with Crippen molar-refractivity contribution in [2.24, 2.45) is 0 Å². The Bertz CT molecular complexity index is 974. The van der Waals surface area contributed by atoms with Crippen LogP contribution in [-0.4, -0.2) is 24.2 Å². The minimum atomic E-state index is -0.275. The van der Waals surface area contributed by atoms with Crippen LogP contribution in [0.2, 0.25) is 0 Å². The number of thioether (sulfide) groups is 1. The van der Waals surface area contributed by atoms with Crippen molar-refractivity contribution in [3.8, 4) is 5.75 Å². The number of carbonyl (C=O) groups is 2. The molecule has 150 valence electrons. The van der Waals surface area contributed by atoms with Gasteiger partial charge in [0, 0.05) is 10.6 Å². The number of nitrogens with one attached hydrogen (secondary N) is 2. The quantitative estimate of drug-likeness (QED) is 0.466. The predicted octanol–water partition coefficient (Wildman–Crippen LogP) is 5.52. The van der Waals surface area contributed by atoms with Crippen LogP contribution in [0.15, 0.2) is 70.9 Å². The summed E-state index contributed by atoms with van der Waals surface area (Å²) < 4.78 is 5.30. The van der Waals surface area contributed by atoms with E-state index in [2.05, 4.69) is 10.6 Å². The monoisotopic (exact) mass is 426 g/mol. The molecular weight excluding hydrogens is 404 g/mol. The van der Waals surface area contributed by atoms with Gasteiger partial charge in [-0.05, 0) is 48.2 Å². The van der Waals surface area contributed by atoms with Gasteiger partial charge >= 0.3 is 0 Å². The molecule has 2 amide bonds. The Morgan fingerprint density at radius 3 is 2.62 bits per heavy atom. The molecule has 1 atom stereocenters. The van der Waals surface area contributed by atoms with Crippen molar-refractivity contribution < 1.29 is 14.3 Å². The highest BCUT2D eigenvalue weighted by Crippen LogP contribution is 2.30. The molecule has 7 heteroatoms. The van der Waals surface area contributed by atoms with Gasteiger partial charge in [-0.1, -0.05) is 31.2 Å². The van der Waals surface area contributed by atoms with E-state index >= 15 is 0 Å². The van der Waals surface area contributed by atoms with Gasteiger partial charge in [0.2, 0.25) is 5.91 Å². The van der Waals surface area contributed by atoms with Gasteiger partial charge in [-0.25, -0.2) is 0 Å². The molecule has 2 aromatic carbocycles. The number of thiophene rings is 1. The first-order chi connectivity index (χ1) is 14.1. The Hall–Kier alpha value is -2.77. The maximum absolute atomic E-state index is 12.8. The van der Waals surface area contributed by atoms with Crippen molar-refractivity contribution in [3.05, 3.63) is 70.9 Å². The summed E-state index contributed by atoms with van der Waals surface area (Å²) in [5, 5.41) is 7.44. The molecular formula is C22H22N2O3S2. The largest absolute Gasteiger partial charge is 0.495 e. The number of carbonyl (C=O) groups excluding carboxylic acids is 2. The zero-order valence-electron chi connectivity index (χ0n) is 16.2. The first-order valence-electron chi connectivity index (χ1n) is 9.16. The van der Waals surface area contributed by atoms with E-state index in [0.717, 1.165) is 4.90 Å². The fourth-order valence-electron chi connectivity index (χ4n) is 2.70. The molecule has 0 aliphatic carbocycles. The van der Waals surface area contributed by atoms with Crippen molar-refractivity contribution in [2.45, 2.75) is 23.5 Å². The number of methoxy groups -OCH3 is 1. The van der Waals surface area contributed by atoms with E-state index < -0.39 is 0 Å². The number of rotatable bonds is 8. The molecule has 1 unspecified atom stereocenters. The van der Waals surface area contributed by atoms with Gasteiger partial charge in [0.15, 0.2) is 0 Å². The Morgan fingerprint density at radius 1 is 1.07 bits per heavy atom. The molecule has 1 heterocycles. The van der Waals surface area contributed by atoms with Gasteiger partial charge in [-0.15, -0.1) is 23.1 Å². The molecule has 5 nitrogen and oxygen atoms in total. The number of benzene rings is 2. The summed E-state index contributed by atoms with van der Waals surface area (Å²) in [6.07, 6.45) is 0.664. The number of para-hydroxylation sites is 2. The van der Waals surface area contributed by atoms with E-state index in [0.29, 0.717) is 28.4 Å². The second kappa shape index (κ2) is 10.1. The maximum atomic E-state index is 12.8. The molecule has 0 aliphatic rings. The third-order valence-electron chi connectivity index (χ3n) is 4.14. The van der Waals surface area contributed by atoms with Gasteiger partial charge in [0.25, 0.3) is 5.91 Å². The van der Waals surface area contributed by atoms with Crippen LogP contribution < -0.4 is 15.4 Å². The summed E-state index contributed by atoms with van der Waals surface area (Å²) in [4.78, 5) is 26.6. The van der Waals surface area contributed by atoms with Crippen molar-refractivity contribution in [3.63, 3.8) is 0 Å². The lowest BCUT2D eigenvalue weighted by Gasteiger charge is -2.16. The summed E-state index contributed by atoms with van der Waals surface area (Å²) >= 11 is 2.86. The van der Waals surface area contributed by atoms with Crippen LogP contribution in [0.1, 0.15) is 23.0 Å². The third-order valence-corrected chi connectivity index (χ3v) is 6.37. The molecule has 2 N–H and O–H groups in total.